The Balaban J connectivity index is 1.49. The van der Waals surface area contributed by atoms with E-state index < -0.39 is 0 Å². The molecule has 2 fully saturated rings. The molecule has 1 saturated heterocycles. The number of benzene rings is 1. The predicted molar refractivity (Wildman–Crippen MR) is 104 cm³/mol. The third-order valence-electron chi connectivity index (χ3n) is 6.14. The zero-order chi connectivity index (χ0) is 19.2. The van der Waals surface area contributed by atoms with E-state index in [0.717, 1.165) is 18.9 Å². The Hall–Kier alpha value is -2.22. The SMILES string of the molecule is COc1cc(C#N)ccc1OCCCC(=O)N1CC[C@@H](C)[C@H]2CCCC[C@@H]21. The molecule has 1 amide bonds. The van der Waals surface area contributed by atoms with Crippen LogP contribution in [-0.2, 0) is 4.79 Å². The molecule has 0 spiro atoms. The minimum absolute atomic E-state index is 0.272. The predicted octanol–water partition coefficient (Wildman–Crippen LogP) is 4.15. The molecule has 5 nitrogen and oxygen atoms in total. The summed E-state index contributed by atoms with van der Waals surface area (Å²) in [5.41, 5.74) is 0.538. The maximum atomic E-state index is 12.8. The van der Waals surface area contributed by atoms with Crippen molar-refractivity contribution < 1.29 is 14.3 Å². The van der Waals surface area contributed by atoms with Gasteiger partial charge in [-0.05, 0) is 49.7 Å². The van der Waals surface area contributed by atoms with E-state index in [9.17, 15) is 4.79 Å². The van der Waals surface area contributed by atoms with Crippen molar-refractivity contribution in [2.24, 2.45) is 11.8 Å². The normalized spacial score (nSPS) is 24.6. The molecule has 0 unspecified atom stereocenters. The Kier molecular flexibility index (Phi) is 6.60. The van der Waals surface area contributed by atoms with Crippen molar-refractivity contribution >= 4 is 5.91 Å². The second-order valence-corrected chi connectivity index (χ2v) is 7.80. The molecule has 146 valence electrons. The van der Waals surface area contributed by atoms with Crippen LogP contribution in [0.1, 0.15) is 57.4 Å². The number of rotatable bonds is 6. The summed E-state index contributed by atoms with van der Waals surface area (Å²) in [6, 6.07) is 7.66. The summed E-state index contributed by atoms with van der Waals surface area (Å²) in [7, 11) is 1.56. The number of hydrogen-bond acceptors (Lipinski definition) is 4. The molecule has 1 aromatic carbocycles. The van der Waals surface area contributed by atoms with Gasteiger partial charge in [-0.1, -0.05) is 19.8 Å². The average molecular weight is 370 g/mol. The molecular formula is C22H30N2O3. The molecule has 0 radical (unpaired) electrons. The largest absolute Gasteiger partial charge is 0.493 e. The molecule has 1 aromatic rings. The van der Waals surface area contributed by atoms with Gasteiger partial charge in [0.15, 0.2) is 11.5 Å². The molecule has 5 heteroatoms. The highest BCUT2D eigenvalue weighted by atomic mass is 16.5. The van der Waals surface area contributed by atoms with Gasteiger partial charge >= 0.3 is 0 Å². The quantitative estimate of drug-likeness (QED) is 0.706. The number of nitriles is 1. The Labute approximate surface area is 162 Å². The van der Waals surface area contributed by atoms with Gasteiger partial charge in [0.2, 0.25) is 5.91 Å². The third-order valence-corrected chi connectivity index (χ3v) is 6.14. The number of methoxy groups -OCH3 is 1. The Morgan fingerprint density at radius 1 is 1.26 bits per heavy atom. The second-order valence-electron chi connectivity index (χ2n) is 7.80. The summed E-state index contributed by atoms with van der Waals surface area (Å²) in [4.78, 5) is 14.9. The molecular weight excluding hydrogens is 340 g/mol. The molecule has 3 atom stereocenters. The van der Waals surface area contributed by atoms with E-state index in [1.54, 1.807) is 25.3 Å². The Morgan fingerprint density at radius 3 is 2.85 bits per heavy atom. The van der Waals surface area contributed by atoms with Gasteiger partial charge < -0.3 is 14.4 Å². The van der Waals surface area contributed by atoms with Gasteiger partial charge in [-0.25, -0.2) is 0 Å². The van der Waals surface area contributed by atoms with Gasteiger partial charge in [-0.15, -0.1) is 0 Å². The minimum Gasteiger partial charge on any atom is -0.493 e. The van der Waals surface area contributed by atoms with E-state index in [2.05, 4.69) is 17.9 Å². The van der Waals surface area contributed by atoms with Crippen molar-refractivity contribution in [1.82, 2.24) is 4.90 Å². The number of carbonyl (C=O) groups excluding carboxylic acids is 1. The topological polar surface area (TPSA) is 62.6 Å². The summed E-state index contributed by atoms with van der Waals surface area (Å²) in [5.74, 6) is 2.87. The molecule has 27 heavy (non-hydrogen) atoms. The van der Waals surface area contributed by atoms with Crippen molar-refractivity contribution in [1.29, 1.82) is 5.26 Å². The zero-order valence-corrected chi connectivity index (χ0v) is 16.4. The molecule has 1 saturated carbocycles. The highest BCUT2D eigenvalue weighted by Crippen LogP contribution is 2.39. The molecule has 2 aliphatic rings. The number of carbonyl (C=O) groups is 1. The standard InChI is InChI=1S/C22H30N2O3/c1-16-11-12-24(19-7-4-3-6-18(16)19)22(25)8-5-13-27-20-10-9-17(15-23)14-21(20)26-2/h9-10,14,16,18-19H,3-8,11-13H2,1-2H3/t16-,18-,19+/m1/s1. The summed E-state index contributed by atoms with van der Waals surface area (Å²) in [6.45, 7) is 3.72. The van der Waals surface area contributed by atoms with Gasteiger partial charge in [0, 0.05) is 25.1 Å². The van der Waals surface area contributed by atoms with E-state index in [1.165, 1.54) is 25.7 Å². The van der Waals surface area contributed by atoms with Gasteiger partial charge in [-0.3, -0.25) is 4.79 Å². The number of hydrogen-bond donors (Lipinski definition) is 0. The van der Waals surface area contributed by atoms with Gasteiger partial charge in [-0.2, -0.15) is 5.26 Å². The molecule has 0 aromatic heterocycles. The monoisotopic (exact) mass is 370 g/mol. The van der Waals surface area contributed by atoms with Gasteiger partial charge in [0.1, 0.15) is 0 Å². The molecule has 0 bridgehead atoms. The minimum atomic E-state index is 0.272. The molecule has 1 aliphatic heterocycles. The van der Waals surface area contributed by atoms with E-state index in [1.807, 2.05) is 0 Å². The first-order valence-corrected chi connectivity index (χ1v) is 10.1. The van der Waals surface area contributed by atoms with Crippen LogP contribution in [0, 0.1) is 23.2 Å². The lowest BCUT2D eigenvalue weighted by atomic mass is 9.72. The molecule has 3 rings (SSSR count). The highest BCUT2D eigenvalue weighted by molar-refractivity contribution is 5.76. The maximum Gasteiger partial charge on any atom is 0.222 e. The lowest BCUT2D eigenvalue weighted by Gasteiger charge is -2.47. The fraction of sp³-hybridized carbons (Fsp3) is 0.636. The summed E-state index contributed by atoms with van der Waals surface area (Å²) < 4.78 is 11.1. The zero-order valence-electron chi connectivity index (χ0n) is 16.4. The van der Waals surface area contributed by atoms with Gasteiger partial charge in [0.25, 0.3) is 0 Å². The van der Waals surface area contributed by atoms with Crippen LogP contribution < -0.4 is 9.47 Å². The maximum absolute atomic E-state index is 12.8. The molecule has 0 N–H and O–H groups in total. The van der Waals surface area contributed by atoms with Crippen LogP contribution in [0.25, 0.3) is 0 Å². The molecule has 1 heterocycles. The first kappa shape index (κ1) is 19.5. The van der Waals surface area contributed by atoms with E-state index in [4.69, 9.17) is 14.7 Å². The van der Waals surface area contributed by atoms with Crippen molar-refractivity contribution in [3.63, 3.8) is 0 Å². The summed E-state index contributed by atoms with van der Waals surface area (Å²) in [6.07, 6.45) is 7.34. The number of piperidine rings is 1. The van der Waals surface area contributed by atoms with Crippen molar-refractivity contribution in [3.8, 4) is 17.6 Å². The van der Waals surface area contributed by atoms with E-state index in [0.29, 0.717) is 48.5 Å². The number of nitrogens with zero attached hydrogens (tertiary/aromatic N) is 2. The lowest BCUT2D eigenvalue weighted by Crippen LogP contribution is -2.52. The van der Waals surface area contributed by atoms with Crippen LogP contribution in [0.5, 0.6) is 11.5 Å². The first-order chi connectivity index (χ1) is 13.1. The second kappa shape index (κ2) is 9.12. The fourth-order valence-corrected chi connectivity index (χ4v) is 4.63. The average Bonchev–Trinajstić information content (AvgIpc) is 2.71. The summed E-state index contributed by atoms with van der Waals surface area (Å²) in [5, 5.41) is 8.96. The number of likely N-dealkylation sites (tertiary alicyclic amines) is 1. The number of amides is 1. The fourth-order valence-electron chi connectivity index (χ4n) is 4.63. The highest BCUT2D eigenvalue weighted by Gasteiger charge is 2.38. The van der Waals surface area contributed by atoms with Crippen LogP contribution >= 0.6 is 0 Å². The van der Waals surface area contributed by atoms with Crippen LogP contribution in [-0.4, -0.2) is 37.1 Å². The third kappa shape index (κ3) is 4.55. The summed E-state index contributed by atoms with van der Waals surface area (Å²) >= 11 is 0. The Morgan fingerprint density at radius 2 is 2.07 bits per heavy atom. The number of ether oxygens (including phenoxy) is 2. The van der Waals surface area contributed by atoms with Crippen LogP contribution in [0.2, 0.25) is 0 Å². The van der Waals surface area contributed by atoms with E-state index >= 15 is 0 Å². The first-order valence-electron chi connectivity index (χ1n) is 10.1. The van der Waals surface area contributed by atoms with Crippen LogP contribution in [0.4, 0.5) is 0 Å². The van der Waals surface area contributed by atoms with Crippen molar-refractivity contribution in [2.45, 2.75) is 57.9 Å². The van der Waals surface area contributed by atoms with Crippen molar-refractivity contribution in [2.75, 3.05) is 20.3 Å². The van der Waals surface area contributed by atoms with E-state index in [-0.39, 0.29) is 5.91 Å². The van der Waals surface area contributed by atoms with Gasteiger partial charge in [0.05, 0.1) is 25.3 Å². The van der Waals surface area contributed by atoms with Crippen LogP contribution in [0.15, 0.2) is 18.2 Å². The van der Waals surface area contributed by atoms with Crippen molar-refractivity contribution in [3.05, 3.63) is 23.8 Å². The number of fused-ring (bicyclic) bond motifs is 1. The molecule has 1 aliphatic carbocycles. The smallest absolute Gasteiger partial charge is 0.222 e. The lowest BCUT2D eigenvalue weighted by molar-refractivity contribution is -0.139. The van der Waals surface area contributed by atoms with Crippen LogP contribution in [0.3, 0.4) is 0 Å². The Bertz CT molecular complexity index is 697.